The lowest BCUT2D eigenvalue weighted by Crippen LogP contribution is -2.11. The molecule has 0 atom stereocenters. The third kappa shape index (κ3) is 3.54. The van der Waals surface area contributed by atoms with Crippen LogP contribution in [0.5, 0.6) is 5.75 Å². The zero-order valence-corrected chi connectivity index (χ0v) is 13.5. The lowest BCUT2D eigenvalue weighted by Gasteiger charge is -2.08. The minimum atomic E-state index is -0.372. The molecule has 0 radical (unpaired) electrons. The highest BCUT2D eigenvalue weighted by molar-refractivity contribution is 5.97. The normalized spacial score (nSPS) is 10.7. The zero-order valence-electron chi connectivity index (χ0n) is 13.5. The minimum Gasteiger partial charge on any atom is -0.485 e. The quantitative estimate of drug-likeness (QED) is 0.508. The van der Waals surface area contributed by atoms with E-state index >= 15 is 0 Å². The first-order valence-corrected chi connectivity index (χ1v) is 7.95. The summed E-state index contributed by atoms with van der Waals surface area (Å²) in [7, 11) is 0. The Morgan fingerprint density at radius 2 is 1.88 bits per heavy atom. The van der Waals surface area contributed by atoms with Crippen molar-refractivity contribution in [2.75, 3.05) is 6.61 Å². The number of hydrogen-bond acceptors (Lipinski definition) is 4. The van der Waals surface area contributed by atoms with E-state index in [1.54, 1.807) is 24.3 Å². The molecular formula is C20H18O4. The van der Waals surface area contributed by atoms with Crippen molar-refractivity contribution in [2.24, 2.45) is 0 Å². The van der Waals surface area contributed by atoms with E-state index in [-0.39, 0.29) is 18.0 Å². The van der Waals surface area contributed by atoms with Gasteiger partial charge < -0.3 is 9.15 Å². The predicted octanol–water partition coefficient (Wildman–Crippen LogP) is 4.01. The van der Waals surface area contributed by atoms with E-state index in [2.05, 4.69) is 6.92 Å². The van der Waals surface area contributed by atoms with Gasteiger partial charge in [0.05, 0.1) is 0 Å². The molecule has 0 aliphatic rings. The van der Waals surface area contributed by atoms with Crippen molar-refractivity contribution in [3.05, 3.63) is 76.1 Å². The van der Waals surface area contributed by atoms with Crippen LogP contribution in [0.25, 0.3) is 11.0 Å². The molecule has 3 rings (SSSR count). The third-order valence-corrected chi connectivity index (χ3v) is 3.79. The molecule has 3 aromatic rings. The van der Waals surface area contributed by atoms with Crippen LogP contribution in [0.3, 0.4) is 0 Å². The van der Waals surface area contributed by atoms with Gasteiger partial charge in [0.25, 0.3) is 0 Å². The lowest BCUT2D eigenvalue weighted by molar-refractivity contribution is 0.0921. The fourth-order valence-corrected chi connectivity index (χ4v) is 2.63. The van der Waals surface area contributed by atoms with Gasteiger partial charge in [-0.05, 0) is 24.1 Å². The van der Waals surface area contributed by atoms with Gasteiger partial charge in [-0.1, -0.05) is 43.7 Å². The molecule has 0 unspecified atom stereocenters. The second-order valence-corrected chi connectivity index (χ2v) is 5.58. The maximum atomic E-state index is 12.1. The number of aryl methyl sites for hydroxylation is 1. The van der Waals surface area contributed by atoms with Crippen LogP contribution in [0.1, 0.15) is 29.3 Å². The molecule has 4 nitrogen and oxygen atoms in total. The molecule has 0 bridgehead atoms. The molecule has 2 aromatic carbocycles. The van der Waals surface area contributed by atoms with E-state index in [1.807, 2.05) is 24.3 Å². The Kier molecular flexibility index (Phi) is 4.75. The number of ether oxygens (including phenoxy) is 1. The SMILES string of the molecule is CCCc1cc(=O)oc2cc(OCC(=O)c3ccccc3)ccc12. The average Bonchev–Trinajstić information content (AvgIpc) is 2.60. The molecule has 1 heterocycles. The zero-order chi connectivity index (χ0) is 16.9. The number of carbonyl (C=O) groups is 1. The van der Waals surface area contributed by atoms with Crippen molar-refractivity contribution in [3.63, 3.8) is 0 Å². The molecule has 0 saturated heterocycles. The molecule has 0 aliphatic heterocycles. The molecule has 0 spiro atoms. The fourth-order valence-electron chi connectivity index (χ4n) is 2.63. The number of rotatable bonds is 6. The first-order chi connectivity index (χ1) is 11.7. The Morgan fingerprint density at radius 1 is 1.08 bits per heavy atom. The van der Waals surface area contributed by atoms with Crippen LogP contribution in [-0.2, 0) is 6.42 Å². The van der Waals surface area contributed by atoms with Crippen LogP contribution < -0.4 is 10.4 Å². The highest BCUT2D eigenvalue weighted by atomic mass is 16.5. The molecule has 4 heteroatoms. The van der Waals surface area contributed by atoms with E-state index in [0.717, 1.165) is 23.8 Å². The molecule has 0 fully saturated rings. The largest absolute Gasteiger partial charge is 0.485 e. The standard InChI is InChI=1S/C20H18O4/c1-2-6-15-11-20(22)24-19-12-16(9-10-17(15)19)23-13-18(21)14-7-4-3-5-8-14/h3-5,7-12H,2,6,13H2,1H3. The first-order valence-electron chi connectivity index (χ1n) is 7.95. The molecule has 24 heavy (non-hydrogen) atoms. The van der Waals surface area contributed by atoms with Gasteiger partial charge in [-0.3, -0.25) is 4.79 Å². The van der Waals surface area contributed by atoms with Crippen molar-refractivity contribution in [3.8, 4) is 5.75 Å². The van der Waals surface area contributed by atoms with Crippen LogP contribution in [0.15, 0.2) is 63.8 Å². The Morgan fingerprint density at radius 3 is 2.62 bits per heavy atom. The van der Waals surface area contributed by atoms with Gasteiger partial charge in [-0.25, -0.2) is 4.79 Å². The van der Waals surface area contributed by atoms with Crippen LogP contribution in [0.2, 0.25) is 0 Å². The molecule has 122 valence electrons. The summed E-state index contributed by atoms with van der Waals surface area (Å²) in [5.41, 5.74) is 1.68. The van der Waals surface area contributed by atoms with Crippen molar-refractivity contribution in [2.45, 2.75) is 19.8 Å². The summed E-state index contributed by atoms with van der Waals surface area (Å²) in [6.07, 6.45) is 1.76. The Balaban J connectivity index is 1.81. The van der Waals surface area contributed by atoms with Crippen molar-refractivity contribution >= 4 is 16.8 Å². The summed E-state index contributed by atoms with van der Waals surface area (Å²) in [4.78, 5) is 23.8. The van der Waals surface area contributed by atoms with Gasteiger partial charge in [0.15, 0.2) is 12.4 Å². The monoisotopic (exact) mass is 322 g/mol. The van der Waals surface area contributed by atoms with Crippen LogP contribution in [-0.4, -0.2) is 12.4 Å². The van der Waals surface area contributed by atoms with E-state index < -0.39 is 0 Å². The molecule has 0 aliphatic carbocycles. The van der Waals surface area contributed by atoms with Crippen molar-refractivity contribution in [1.82, 2.24) is 0 Å². The van der Waals surface area contributed by atoms with E-state index in [0.29, 0.717) is 16.9 Å². The van der Waals surface area contributed by atoms with Crippen LogP contribution >= 0.6 is 0 Å². The fraction of sp³-hybridized carbons (Fsp3) is 0.200. The maximum Gasteiger partial charge on any atom is 0.336 e. The second kappa shape index (κ2) is 7.13. The van der Waals surface area contributed by atoms with Crippen molar-refractivity contribution < 1.29 is 13.9 Å². The van der Waals surface area contributed by atoms with Gasteiger partial charge in [0.1, 0.15) is 11.3 Å². The lowest BCUT2D eigenvalue weighted by atomic mass is 10.1. The number of hydrogen-bond donors (Lipinski definition) is 0. The van der Waals surface area contributed by atoms with E-state index in [1.165, 1.54) is 6.07 Å². The van der Waals surface area contributed by atoms with E-state index in [4.69, 9.17) is 9.15 Å². The van der Waals surface area contributed by atoms with Gasteiger partial charge in [0, 0.05) is 23.1 Å². The molecule has 0 N–H and O–H groups in total. The molecular weight excluding hydrogens is 304 g/mol. The summed E-state index contributed by atoms with van der Waals surface area (Å²) < 4.78 is 10.8. The van der Waals surface area contributed by atoms with Gasteiger partial charge in [-0.2, -0.15) is 0 Å². The number of fused-ring (bicyclic) bond motifs is 1. The predicted molar refractivity (Wildman–Crippen MR) is 92.7 cm³/mol. The highest BCUT2D eigenvalue weighted by Gasteiger charge is 2.09. The molecule has 0 saturated carbocycles. The summed E-state index contributed by atoms with van der Waals surface area (Å²) in [6, 6.07) is 15.8. The summed E-state index contributed by atoms with van der Waals surface area (Å²) in [5.74, 6) is 0.403. The van der Waals surface area contributed by atoms with Gasteiger partial charge in [0.2, 0.25) is 0 Å². The average molecular weight is 322 g/mol. The van der Waals surface area contributed by atoms with E-state index in [9.17, 15) is 9.59 Å². The number of benzene rings is 2. The number of carbonyl (C=O) groups excluding carboxylic acids is 1. The Labute approximate surface area is 139 Å². The second-order valence-electron chi connectivity index (χ2n) is 5.58. The summed E-state index contributed by atoms with van der Waals surface area (Å²) in [6.45, 7) is 2.00. The highest BCUT2D eigenvalue weighted by Crippen LogP contribution is 2.23. The Hall–Kier alpha value is -2.88. The maximum absolute atomic E-state index is 12.1. The Bertz CT molecular complexity index is 910. The number of ketones is 1. The molecule has 0 amide bonds. The molecule has 1 aromatic heterocycles. The van der Waals surface area contributed by atoms with Crippen LogP contribution in [0.4, 0.5) is 0 Å². The van der Waals surface area contributed by atoms with Gasteiger partial charge in [-0.15, -0.1) is 0 Å². The van der Waals surface area contributed by atoms with Crippen LogP contribution in [0, 0.1) is 0 Å². The topological polar surface area (TPSA) is 56.5 Å². The third-order valence-electron chi connectivity index (χ3n) is 3.79. The smallest absolute Gasteiger partial charge is 0.336 e. The van der Waals surface area contributed by atoms with Crippen molar-refractivity contribution in [1.29, 1.82) is 0 Å². The minimum absolute atomic E-state index is 0.0611. The summed E-state index contributed by atoms with van der Waals surface area (Å²) >= 11 is 0. The number of Topliss-reactive ketones (excluding diaryl/α,β-unsaturated/α-hetero) is 1. The first kappa shape index (κ1) is 16.0. The summed E-state index contributed by atoms with van der Waals surface area (Å²) in [5, 5.41) is 0.901. The van der Waals surface area contributed by atoms with Gasteiger partial charge >= 0.3 is 5.63 Å².